The average molecular weight is 1560 g/mol. The summed E-state index contributed by atoms with van der Waals surface area (Å²) in [6.45, 7) is -5.91. The number of nitrogens with two attached hydrogens (primary N) is 1. The third-order valence-corrected chi connectivity index (χ3v) is 27.2. The maximum absolute atomic E-state index is 12.4. The van der Waals surface area contributed by atoms with Gasteiger partial charge in [0.25, 0.3) is 5.69 Å². The lowest BCUT2D eigenvalue weighted by molar-refractivity contribution is -0.384. The fraction of sp³-hybridized carbons (Fsp3) is 0.362. The van der Waals surface area contributed by atoms with Gasteiger partial charge in [0.1, 0.15) is 28.7 Å². The topological polar surface area (TPSA) is 287 Å². The van der Waals surface area contributed by atoms with Crippen molar-refractivity contribution in [3.8, 4) is 28.7 Å². The molecule has 0 saturated carbocycles. The second-order valence-corrected chi connectivity index (χ2v) is 38.0. The molecule has 0 aliphatic rings. The van der Waals surface area contributed by atoms with Crippen molar-refractivity contribution >= 4 is 176 Å². The lowest BCUT2D eigenvalue weighted by atomic mass is 10.3. The van der Waals surface area contributed by atoms with Gasteiger partial charge in [-0.2, -0.15) is 0 Å². The van der Waals surface area contributed by atoms with Gasteiger partial charge in [0.2, 0.25) is 20.0 Å². The maximum Gasteiger partial charge on any atom is 0.440 e. The van der Waals surface area contributed by atoms with E-state index in [1.807, 2.05) is 20.8 Å². The van der Waals surface area contributed by atoms with E-state index in [1.165, 1.54) is 135 Å². The molecule has 41 heteroatoms. The first-order valence-electron chi connectivity index (χ1n) is 24.4. The van der Waals surface area contributed by atoms with E-state index in [-0.39, 0.29) is 26.3 Å². The number of nitrogens with zero attached hydrogens (tertiary/aromatic N) is 2. The zero-order valence-electron chi connectivity index (χ0n) is 48.9. The zero-order chi connectivity index (χ0) is 67.3. The Kier molecular flexibility index (Phi) is 39.2. The molecule has 0 fully saturated rings. The molecule has 5 rings (SSSR count). The molecule has 5 aromatic rings. The van der Waals surface area contributed by atoms with Crippen LogP contribution in [0.4, 0.5) is 5.69 Å². The van der Waals surface area contributed by atoms with E-state index in [0.29, 0.717) is 68.7 Å². The summed E-state index contributed by atoms with van der Waals surface area (Å²) in [6.07, 6.45) is 0.888. The summed E-state index contributed by atoms with van der Waals surface area (Å²) in [7, 11) is 4.03. The molecule has 0 spiro atoms. The van der Waals surface area contributed by atoms with Gasteiger partial charge in [-0.05, 0) is 130 Å². The average Bonchev–Trinajstić information content (AvgIpc) is 3.57. The number of rotatable bonds is 29. The van der Waals surface area contributed by atoms with Crippen LogP contribution in [0.15, 0.2) is 113 Å². The molecule has 0 bridgehead atoms. The standard InChI is InChI=1S/C11H15Cl2O3PS.C10H13Cl2O3PS.C10H16NO5PS2.C8H9ClNO5PS.C8H12NO5PS2/c1-3-7-18-17(14,15-4-2)16-11-6-5-9(12)8-10(11)13;1-3-13-16(17,14-4-2)15-10-6-5-8(11)7-9(10)12;1-11(2)19(12,13)10-7-5-9(6-8-10)16-17(18,14-3)15-4;1-13-16(17,14-2)15-8-4-3-6(10(11)12)5-7(8)9;1-12-15(16,13-2)14-7-3-5-8(6-4-7)17(9,10)11/h5-6,8H,3-4,7H2,1-2H3;5-7H,3-4H2,1-2H3;5-8H,1-4H3;3-5H,1-2H3;3-6H,1-2H3,(H2,9,10,11). The highest BCUT2D eigenvalue weighted by molar-refractivity contribution is 8.55. The fourth-order valence-electron chi connectivity index (χ4n) is 5.27. The van der Waals surface area contributed by atoms with Crippen molar-refractivity contribution in [3.05, 3.63) is 138 Å². The second kappa shape index (κ2) is 40.8. The van der Waals surface area contributed by atoms with E-state index >= 15 is 0 Å². The number of sulfonamides is 2. The lowest BCUT2D eigenvalue weighted by Gasteiger charge is -2.21. The van der Waals surface area contributed by atoms with Crippen molar-refractivity contribution in [3.63, 3.8) is 0 Å². The van der Waals surface area contributed by atoms with E-state index in [0.717, 1.165) is 10.7 Å². The van der Waals surface area contributed by atoms with Crippen molar-refractivity contribution in [2.24, 2.45) is 5.14 Å². The highest BCUT2D eigenvalue weighted by Gasteiger charge is 2.28. The summed E-state index contributed by atoms with van der Waals surface area (Å²) < 4.78 is 132. The predicted octanol–water partition coefficient (Wildman–Crippen LogP) is 16.5. The Labute approximate surface area is 563 Å². The van der Waals surface area contributed by atoms with Gasteiger partial charge in [-0.1, -0.05) is 64.9 Å². The predicted molar refractivity (Wildman–Crippen MR) is 364 cm³/mol. The minimum Gasteiger partial charge on any atom is -0.424 e. The Bertz CT molecular complexity index is 3470. The molecule has 1 atom stereocenters. The van der Waals surface area contributed by atoms with E-state index in [2.05, 4.69) is 0 Å². The molecule has 0 radical (unpaired) electrons. The first-order valence-corrected chi connectivity index (χ1v) is 42.6. The summed E-state index contributed by atoms with van der Waals surface area (Å²) in [4.78, 5) is 10.1. The Morgan fingerprint density at radius 3 is 1.20 bits per heavy atom. The summed E-state index contributed by atoms with van der Waals surface area (Å²) in [5, 5.41) is 17.3. The molecule has 0 saturated heterocycles. The van der Waals surface area contributed by atoms with Crippen LogP contribution >= 0.6 is 103 Å². The van der Waals surface area contributed by atoms with Crippen molar-refractivity contribution in [1.82, 2.24) is 4.31 Å². The molecule has 1 unspecified atom stereocenters. The minimum atomic E-state index is -3.71. The number of non-ortho nitro benzene ring substituents is 1. The molecule has 0 aliphatic heterocycles. The molecular formula is C47H65Cl5N3O21P5S7. The summed E-state index contributed by atoms with van der Waals surface area (Å²) in [6, 6.07) is 24.8. The van der Waals surface area contributed by atoms with E-state index in [1.54, 1.807) is 43.3 Å². The van der Waals surface area contributed by atoms with Crippen LogP contribution in [0.3, 0.4) is 0 Å². The number of benzene rings is 5. The number of hydrogen-bond donors (Lipinski definition) is 1. The Morgan fingerprint density at radius 1 is 0.523 bits per heavy atom. The quantitative estimate of drug-likeness (QED) is 0.0264. The lowest BCUT2D eigenvalue weighted by Crippen LogP contribution is -2.22. The van der Waals surface area contributed by atoms with Crippen LogP contribution in [0.2, 0.25) is 25.1 Å². The summed E-state index contributed by atoms with van der Waals surface area (Å²) in [5.41, 5.74) is -0.134. The largest absolute Gasteiger partial charge is 0.440 e. The molecule has 0 aliphatic carbocycles. The molecule has 496 valence electrons. The first-order chi connectivity index (χ1) is 41.0. The van der Waals surface area contributed by atoms with Crippen molar-refractivity contribution in [2.75, 3.05) is 82.3 Å². The smallest absolute Gasteiger partial charge is 0.424 e. The number of hydrogen-bond acceptors (Lipinski definition) is 26. The van der Waals surface area contributed by atoms with E-state index in [4.69, 9.17) is 174 Å². The van der Waals surface area contributed by atoms with Gasteiger partial charge in [-0.25, -0.2) is 30.8 Å². The molecule has 24 nitrogen and oxygen atoms in total. The first kappa shape index (κ1) is 84.6. The SMILES string of the molecule is CCCSP(=O)(OCC)Oc1ccc(Cl)cc1Cl.CCOP(=S)(OCC)Oc1ccc(Cl)cc1Cl.COP(=S)(OC)Oc1ccc(S(=O)(=O)N(C)C)cc1.COP(=S)(OC)Oc1ccc(S(N)(=O)=O)cc1.COP(=S)(OC)Oc1ccc([N+](=O)[O-])cc1Cl. The highest BCUT2D eigenvalue weighted by atomic mass is 35.5. The van der Waals surface area contributed by atoms with Gasteiger partial charge >= 0.3 is 33.7 Å². The molecule has 0 amide bonds. The van der Waals surface area contributed by atoms with Crippen LogP contribution in [-0.4, -0.2) is 108 Å². The van der Waals surface area contributed by atoms with Gasteiger partial charge in [0.05, 0.1) is 49.6 Å². The Balaban J connectivity index is 0.000000550. The minimum absolute atomic E-state index is 0.00650. The van der Waals surface area contributed by atoms with Crippen LogP contribution in [0.25, 0.3) is 0 Å². The summed E-state index contributed by atoms with van der Waals surface area (Å²) >= 11 is 50.8. The third-order valence-electron chi connectivity index (χ3n) is 9.39. The molecular weight excluding hydrogens is 1500 g/mol. The van der Waals surface area contributed by atoms with Crippen LogP contribution in [0.1, 0.15) is 34.1 Å². The van der Waals surface area contributed by atoms with Crippen LogP contribution in [0.5, 0.6) is 28.7 Å². The van der Waals surface area contributed by atoms with Gasteiger partial charge in [0.15, 0.2) is 0 Å². The van der Waals surface area contributed by atoms with Gasteiger partial charge in [-0.15, -0.1) is 0 Å². The molecule has 2 N–H and O–H groups in total. The van der Waals surface area contributed by atoms with Crippen LogP contribution in [0, 0.1) is 10.1 Å². The van der Waals surface area contributed by atoms with Crippen molar-refractivity contribution < 1.29 is 89.7 Å². The van der Waals surface area contributed by atoms with E-state index in [9.17, 15) is 31.5 Å². The van der Waals surface area contributed by atoms with Crippen LogP contribution < -0.4 is 27.8 Å². The fourth-order valence-corrected chi connectivity index (χ4v) is 16.3. The molecule has 0 aromatic heterocycles. The zero-order valence-corrected chi connectivity index (χ0v) is 62.8. The normalized spacial score (nSPS) is 12.4. The number of primary sulfonamides is 1. The highest BCUT2D eigenvalue weighted by Crippen LogP contribution is 2.61. The van der Waals surface area contributed by atoms with Crippen molar-refractivity contribution in [2.45, 2.75) is 43.9 Å². The monoisotopic (exact) mass is 1560 g/mol. The third kappa shape index (κ3) is 30.3. The number of nitro groups is 1. The molecule has 88 heavy (non-hydrogen) atoms. The summed E-state index contributed by atoms with van der Waals surface area (Å²) in [5.74, 6) is 2.36. The van der Waals surface area contributed by atoms with Gasteiger partial charge in [-0.3, -0.25) is 23.7 Å². The maximum atomic E-state index is 12.4. The van der Waals surface area contributed by atoms with Crippen molar-refractivity contribution in [1.29, 1.82) is 0 Å². The Morgan fingerprint density at radius 2 is 0.875 bits per heavy atom. The molecule has 0 heterocycles. The van der Waals surface area contributed by atoms with Crippen LogP contribution in [-0.2, 0) is 113 Å². The van der Waals surface area contributed by atoms with Gasteiger partial charge in [0, 0.05) is 132 Å². The Hall–Kier alpha value is -1.41. The molecule has 5 aromatic carbocycles. The number of nitro benzene ring substituents is 1. The second-order valence-electron chi connectivity index (χ2n) is 15.7. The van der Waals surface area contributed by atoms with Gasteiger partial charge < -0.3 is 49.8 Å². The van der Waals surface area contributed by atoms with E-state index < -0.39 is 58.6 Å². The number of halogens is 5.